The molecule has 23 heavy (non-hydrogen) atoms. The van der Waals surface area contributed by atoms with E-state index in [-0.39, 0.29) is 6.61 Å². The van der Waals surface area contributed by atoms with Gasteiger partial charge in [0, 0.05) is 18.4 Å². The third-order valence-corrected chi connectivity index (χ3v) is 3.84. The zero-order valence-electron chi connectivity index (χ0n) is 14.4. The maximum atomic E-state index is 11.9. The molecule has 0 spiro atoms. The molecule has 0 aliphatic heterocycles. The van der Waals surface area contributed by atoms with E-state index < -0.39 is 17.1 Å². The molecule has 1 heterocycles. The second-order valence-corrected chi connectivity index (χ2v) is 7.53. The maximum Gasteiger partial charge on any atom is 0.407 e. The fourth-order valence-electron chi connectivity index (χ4n) is 2.62. The van der Waals surface area contributed by atoms with Crippen LogP contribution in [0, 0.1) is 11.3 Å². The Balaban J connectivity index is 2.01. The van der Waals surface area contributed by atoms with Gasteiger partial charge in [-0.3, -0.25) is 0 Å². The number of nitrogens with one attached hydrogen (secondary N) is 1. The first-order chi connectivity index (χ1) is 10.7. The summed E-state index contributed by atoms with van der Waals surface area (Å²) in [5, 5.41) is 24.8. The van der Waals surface area contributed by atoms with E-state index in [0.717, 1.165) is 6.42 Å². The maximum absolute atomic E-state index is 11.9. The SMILES string of the molecule is Cn1nnc(CC(CO)(CNC(=O)OC(C)(C)C)CC2CC2)n1. The zero-order chi connectivity index (χ0) is 17.1. The van der Waals surface area contributed by atoms with E-state index in [1.807, 2.05) is 20.8 Å². The Bertz CT molecular complexity index is 535. The van der Waals surface area contributed by atoms with Crippen LogP contribution in [0.5, 0.6) is 0 Å². The molecular weight excluding hydrogens is 298 g/mol. The molecule has 130 valence electrons. The van der Waals surface area contributed by atoms with E-state index >= 15 is 0 Å². The van der Waals surface area contributed by atoms with Gasteiger partial charge < -0.3 is 15.2 Å². The number of tetrazole rings is 1. The van der Waals surface area contributed by atoms with Gasteiger partial charge >= 0.3 is 6.09 Å². The number of carbonyl (C=O) groups excluding carboxylic acids is 1. The lowest BCUT2D eigenvalue weighted by molar-refractivity contribution is 0.0446. The second-order valence-electron chi connectivity index (χ2n) is 7.53. The van der Waals surface area contributed by atoms with Crippen LogP contribution in [0.1, 0.15) is 45.9 Å². The van der Waals surface area contributed by atoms with Gasteiger partial charge in [-0.1, -0.05) is 12.8 Å². The van der Waals surface area contributed by atoms with Gasteiger partial charge in [-0.15, -0.1) is 10.2 Å². The summed E-state index contributed by atoms with van der Waals surface area (Å²) in [5.41, 5.74) is -1.03. The van der Waals surface area contributed by atoms with Crippen LogP contribution in [0.4, 0.5) is 4.79 Å². The Hall–Kier alpha value is -1.70. The molecule has 1 atom stereocenters. The summed E-state index contributed by atoms with van der Waals surface area (Å²) in [4.78, 5) is 13.3. The van der Waals surface area contributed by atoms with E-state index in [1.165, 1.54) is 17.6 Å². The number of ether oxygens (including phenoxy) is 1. The van der Waals surface area contributed by atoms with Crippen LogP contribution in [0.15, 0.2) is 0 Å². The molecule has 1 amide bonds. The van der Waals surface area contributed by atoms with Gasteiger partial charge in [-0.25, -0.2) is 4.79 Å². The van der Waals surface area contributed by atoms with Crippen LogP contribution in [0.3, 0.4) is 0 Å². The Labute approximate surface area is 136 Å². The lowest BCUT2D eigenvalue weighted by Gasteiger charge is -2.31. The predicted molar refractivity (Wildman–Crippen MR) is 83.6 cm³/mol. The Morgan fingerprint density at radius 2 is 2.13 bits per heavy atom. The molecule has 0 saturated heterocycles. The molecule has 0 aromatic carbocycles. The highest BCUT2D eigenvalue weighted by molar-refractivity contribution is 5.67. The summed E-state index contributed by atoms with van der Waals surface area (Å²) >= 11 is 0. The normalized spacial score (nSPS) is 17.6. The molecule has 0 bridgehead atoms. The smallest absolute Gasteiger partial charge is 0.407 e. The predicted octanol–water partition coefficient (Wildman–Crippen LogP) is 1.06. The van der Waals surface area contributed by atoms with Crippen LogP contribution in [0.2, 0.25) is 0 Å². The van der Waals surface area contributed by atoms with Crippen molar-refractivity contribution >= 4 is 6.09 Å². The summed E-state index contributed by atoms with van der Waals surface area (Å²) in [5.74, 6) is 1.17. The quantitative estimate of drug-likeness (QED) is 0.777. The number of aryl methyl sites for hydroxylation is 1. The van der Waals surface area contributed by atoms with Crippen LogP contribution in [-0.2, 0) is 18.2 Å². The van der Waals surface area contributed by atoms with Crippen molar-refractivity contribution in [3.05, 3.63) is 5.82 Å². The molecule has 1 aliphatic rings. The van der Waals surface area contributed by atoms with Crippen molar-refractivity contribution in [1.29, 1.82) is 0 Å². The lowest BCUT2D eigenvalue weighted by atomic mass is 9.79. The van der Waals surface area contributed by atoms with Crippen LogP contribution >= 0.6 is 0 Å². The number of nitrogens with zero attached hydrogens (tertiary/aromatic N) is 4. The van der Waals surface area contributed by atoms with Crippen molar-refractivity contribution in [3.8, 4) is 0 Å². The fourth-order valence-corrected chi connectivity index (χ4v) is 2.62. The van der Waals surface area contributed by atoms with E-state index in [1.54, 1.807) is 7.05 Å². The van der Waals surface area contributed by atoms with E-state index in [9.17, 15) is 9.90 Å². The van der Waals surface area contributed by atoms with Crippen LogP contribution in [0.25, 0.3) is 0 Å². The van der Waals surface area contributed by atoms with Gasteiger partial charge in [0.1, 0.15) is 5.60 Å². The Morgan fingerprint density at radius 1 is 1.43 bits per heavy atom. The first-order valence-corrected chi connectivity index (χ1v) is 8.02. The topological polar surface area (TPSA) is 102 Å². The number of hydrogen-bond acceptors (Lipinski definition) is 6. The first kappa shape index (κ1) is 17.7. The number of alkyl carbamates (subject to hydrolysis) is 1. The third kappa shape index (κ3) is 5.78. The number of aliphatic hydroxyl groups is 1. The van der Waals surface area contributed by atoms with E-state index in [0.29, 0.717) is 24.7 Å². The van der Waals surface area contributed by atoms with Crippen LogP contribution in [-0.4, -0.2) is 50.2 Å². The summed E-state index contributed by atoms with van der Waals surface area (Å²) in [6.07, 6.45) is 3.17. The Morgan fingerprint density at radius 3 is 2.61 bits per heavy atom. The molecule has 0 radical (unpaired) electrons. The number of carbonyl (C=O) groups is 1. The molecular formula is C15H27N5O3. The molecule has 1 aromatic heterocycles. The number of amides is 1. The molecule has 1 saturated carbocycles. The highest BCUT2D eigenvalue weighted by atomic mass is 16.6. The minimum Gasteiger partial charge on any atom is -0.444 e. The molecule has 2 rings (SSSR count). The van der Waals surface area contributed by atoms with Gasteiger partial charge in [0.15, 0.2) is 5.82 Å². The average Bonchev–Trinajstić information content (AvgIpc) is 3.15. The summed E-state index contributed by atoms with van der Waals surface area (Å²) in [6, 6.07) is 0. The summed E-state index contributed by atoms with van der Waals surface area (Å²) in [6.45, 7) is 5.74. The van der Waals surface area contributed by atoms with E-state index in [4.69, 9.17) is 4.74 Å². The first-order valence-electron chi connectivity index (χ1n) is 8.02. The van der Waals surface area contributed by atoms with Gasteiger partial charge in [0.2, 0.25) is 0 Å². The molecule has 1 aromatic rings. The standard InChI is InChI=1S/C15H27N5O3/c1-14(2,3)23-13(22)16-9-15(10-21,7-11-5-6-11)8-12-17-19-20(4)18-12/h11,21H,5-10H2,1-4H3,(H,16,22). The van der Waals surface area contributed by atoms with Crippen molar-refractivity contribution in [2.75, 3.05) is 13.2 Å². The minimum atomic E-state index is -0.547. The highest BCUT2D eigenvalue weighted by Gasteiger charge is 2.38. The minimum absolute atomic E-state index is 0.0441. The van der Waals surface area contributed by atoms with Crippen molar-refractivity contribution in [2.24, 2.45) is 18.4 Å². The monoisotopic (exact) mass is 325 g/mol. The van der Waals surface area contributed by atoms with Gasteiger partial charge in [-0.2, -0.15) is 4.80 Å². The van der Waals surface area contributed by atoms with Crippen molar-refractivity contribution in [1.82, 2.24) is 25.5 Å². The zero-order valence-corrected chi connectivity index (χ0v) is 14.4. The van der Waals surface area contributed by atoms with Gasteiger partial charge in [-0.05, 0) is 38.3 Å². The summed E-state index contributed by atoms with van der Waals surface area (Å²) < 4.78 is 5.27. The van der Waals surface area contributed by atoms with Crippen LogP contribution < -0.4 is 5.32 Å². The second kappa shape index (κ2) is 6.82. The highest BCUT2D eigenvalue weighted by Crippen LogP contribution is 2.41. The molecule has 8 nitrogen and oxygen atoms in total. The molecule has 1 fully saturated rings. The van der Waals surface area contributed by atoms with E-state index in [2.05, 4.69) is 20.7 Å². The van der Waals surface area contributed by atoms with Crippen molar-refractivity contribution in [3.63, 3.8) is 0 Å². The molecule has 1 aliphatic carbocycles. The number of hydrogen-bond donors (Lipinski definition) is 2. The van der Waals surface area contributed by atoms with Gasteiger partial charge in [0.05, 0.1) is 13.7 Å². The van der Waals surface area contributed by atoms with Crippen molar-refractivity contribution in [2.45, 2.75) is 52.1 Å². The largest absolute Gasteiger partial charge is 0.444 e. The summed E-state index contributed by atoms with van der Waals surface area (Å²) in [7, 11) is 1.71. The van der Waals surface area contributed by atoms with Crippen molar-refractivity contribution < 1.29 is 14.6 Å². The molecule has 2 N–H and O–H groups in total. The molecule has 8 heteroatoms. The average molecular weight is 325 g/mol. The lowest BCUT2D eigenvalue weighted by Crippen LogP contribution is -2.44. The Kier molecular flexibility index (Phi) is 5.23. The number of rotatable bonds is 7. The molecule has 1 unspecified atom stereocenters. The number of aliphatic hydroxyl groups excluding tert-OH is 1. The third-order valence-electron chi connectivity index (χ3n) is 3.84. The van der Waals surface area contributed by atoms with Gasteiger partial charge in [0.25, 0.3) is 0 Å². The number of aromatic nitrogens is 4. The fraction of sp³-hybridized carbons (Fsp3) is 0.867.